The van der Waals surface area contributed by atoms with E-state index in [-0.39, 0.29) is 25.0 Å². The van der Waals surface area contributed by atoms with Crippen LogP contribution in [0.4, 0.5) is 4.79 Å². The summed E-state index contributed by atoms with van der Waals surface area (Å²) in [6, 6.07) is 0.0638. The van der Waals surface area contributed by atoms with Crippen LogP contribution in [0.1, 0.15) is 44.9 Å². The van der Waals surface area contributed by atoms with E-state index in [1.165, 1.54) is 12.8 Å². The fourth-order valence-corrected chi connectivity index (χ4v) is 2.59. The Hall–Kier alpha value is -1.30. The van der Waals surface area contributed by atoms with Crippen LogP contribution in [0.25, 0.3) is 0 Å². The van der Waals surface area contributed by atoms with E-state index in [0.717, 1.165) is 25.7 Å². The highest BCUT2D eigenvalue weighted by molar-refractivity contribution is 5.76. The summed E-state index contributed by atoms with van der Waals surface area (Å²) >= 11 is 0. The van der Waals surface area contributed by atoms with Crippen LogP contribution in [0.5, 0.6) is 0 Å². The Kier molecular flexibility index (Phi) is 5.64. The number of hydrogen-bond acceptors (Lipinski definition) is 3. The molecular formula is C14H24N2O4. The Labute approximate surface area is 119 Å². The third-order valence-electron chi connectivity index (χ3n) is 3.85. The van der Waals surface area contributed by atoms with Crippen molar-refractivity contribution < 1.29 is 19.4 Å². The largest absolute Gasteiger partial charge is 0.481 e. The van der Waals surface area contributed by atoms with Gasteiger partial charge in [-0.2, -0.15) is 0 Å². The first kappa shape index (κ1) is 15.1. The first-order valence-corrected chi connectivity index (χ1v) is 7.54. The van der Waals surface area contributed by atoms with Gasteiger partial charge in [-0.1, -0.05) is 12.8 Å². The molecule has 0 saturated heterocycles. The molecule has 2 N–H and O–H groups in total. The number of nitrogens with one attached hydrogen (secondary N) is 1. The fourth-order valence-electron chi connectivity index (χ4n) is 2.59. The summed E-state index contributed by atoms with van der Waals surface area (Å²) in [5.74, 6) is -0.868. The molecule has 20 heavy (non-hydrogen) atoms. The number of carboxylic acids is 1. The number of carboxylic acid groups (broad SMARTS) is 1. The molecule has 0 unspecified atom stereocenters. The van der Waals surface area contributed by atoms with E-state index < -0.39 is 5.97 Å². The lowest BCUT2D eigenvalue weighted by molar-refractivity contribution is -0.137. The lowest BCUT2D eigenvalue weighted by atomic mass is 10.3. The minimum absolute atomic E-state index is 0.00247. The molecule has 2 rings (SSSR count). The molecule has 0 aromatic rings. The summed E-state index contributed by atoms with van der Waals surface area (Å²) in [4.78, 5) is 24.2. The highest BCUT2D eigenvalue weighted by Crippen LogP contribution is 2.26. The Bertz CT molecular complexity index is 338. The van der Waals surface area contributed by atoms with E-state index in [0.29, 0.717) is 19.3 Å². The van der Waals surface area contributed by atoms with Gasteiger partial charge in [0.1, 0.15) is 0 Å². The van der Waals surface area contributed by atoms with E-state index in [2.05, 4.69) is 5.32 Å². The zero-order chi connectivity index (χ0) is 14.4. The van der Waals surface area contributed by atoms with Crippen molar-refractivity contribution in [3.05, 3.63) is 0 Å². The second-order valence-corrected chi connectivity index (χ2v) is 5.58. The van der Waals surface area contributed by atoms with Gasteiger partial charge >= 0.3 is 12.0 Å². The molecule has 2 fully saturated rings. The average Bonchev–Trinajstić information content (AvgIpc) is 3.11. The molecule has 0 spiro atoms. The molecule has 0 bridgehead atoms. The smallest absolute Gasteiger partial charge is 0.317 e. The number of hydrogen-bond donors (Lipinski definition) is 2. The Balaban J connectivity index is 1.62. The van der Waals surface area contributed by atoms with Crippen LogP contribution >= 0.6 is 0 Å². The number of urea groups is 1. The third-order valence-corrected chi connectivity index (χ3v) is 3.85. The summed E-state index contributed by atoms with van der Waals surface area (Å²) in [6.45, 7) is 1.31. The number of carbonyl (C=O) groups excluding carboxylic acids is 1. The van der Waals surface area contributed by atoms with Gasteiger partial charge in [-0.3, -0.25) is 4.79 Å². The van der Waals surface area contributed by atoms with Gasteiger partial charge < -0.3 is 20.1 Å². The van der Waals surface area contributed by atoms with Crippen molar-refractivity contribution >= 4 is 12.0 Å². The molecule has 2 aliphatic carbocycles. The van der Waals surface area contributed by atoms with Crippen molar-refractivity contribution in [2.75, 3.05) is 19.7 Å². The Morgan fingerprint density at radius 1 is 1.20 bits per heavy atom. The second-order valence-electron chi connectivity index (χ2n) is 5.58. The average molecular weight is 284 g/mol. The van der Waals surface area contributed by atoms with Crippen LogP contribution in [0.15, 0.2) is 0 Å². The quantitative estimate of drug-likeness (QED) is 0.663. The normalized spacial score (nSPS) is 19.0. The summed E-state index contributed by atoms with van der Waals surface area (Å²) in [5, 5.41) is 11.5. The van der Waals surface area contributed by atoms with Crippen molar-refractivity contribution in [3.8, 4) is 0 Å². The van der Waals surface area contributed by atoms with Crippen LogP contribution < -0.4 is 5.32 Å². The Morgan fingerprint density at radius 2 is 1.90 bits per heavy atom. The Morgan fingerprint density at radius 3 is 2.50 bits per heavy atom. The van der Waals surface area contributed by atoms with Gasteiger partial charge in [-0.05, 0) is 25.7 Å². The standard InChI is InChI=1S/C14H24N2O4/c17-13(18)7-9-16(11-5-6-11)14(19)15-8-10-20-12-3-1-2-4-12/h11-12H,1-10H2,(H,15,19)(H,17,18). The van der Waals surface area contributed by atoms with Crippen LogP contribution in [-0.2, 0) is 9.53 Å². The predicted molar refractivity (Wildman–Crippen MR) is 73.6 cm³/mol. The molecule has 6 nitrogen and oxygen atoms in total. The first-order valence-electron chi connectivity index (χ1n) is 7.54. The van der Waals surface area contributed by atoms with E-state index in [1.54, 1.807) is 4.90 Å². The zero-order valence-corrected chi connectivity index (χ0v) is 11.8. The number of rotatable bonds is 8. The van der Waals surface area contributed by atoms with Crippen molar-refractivity contribution in [2.24, 2.45) is 0 Å². The maximum Gasteiger partial charge on any atom is 0.317 e. The summed E-state index contributed by atoms with van der Waals surface area (Å²) < 4.78 is 5.68. The minimum Gasteiger partial charge on any atom is -0.481 e. The number of amides is 2. The van der Waals surface area contributed by atoms with Crippen molar-refractivity contribution in [1.29, 1.82) is 0 Å². The zero-order valence-electron chi connectivity index (χ0n) is 11.8. The molecule has 0 aromatic heterocycles. The van der Waals surface area contributed by atoms with Crippen LogP contribution in [-0.4, -0.2) is 53.8 Å². The minimum atomic E-state index is -0.868. The summed E-state index contributed by atoms with van der Waals surface area (Å²) in [5.41, 5.74) is 0. The van der Waals surface area contributed by atoms with Crippen molar-refractivity contribution in [3.63, 3.8) is 0 Å². The molecule has 0 aliphatic heterocycles. The number of carbonyl (C=O) groups is 2. The highest BCUT2D eigenvalue weighted by atomic mass is 16.5. The molecule has 0 aromatic carbocycles. The number of ether oxygens (including phenoxy) is 1. The molecule has 114 valence electrons. The van der Waals surface area contributed by atoms with E-state index in [1.807, 2.05) is 0 Å². The van der Waals surface area contributed by atoms with Crippen molar-refractivity contribution in [2.45, 2.75) is 57.1 Å². The molecular weight excluding hydrogens is 260 g/mol. The van der Waals surface area contributed by atoms with Crippen LogP contribution in [0.3, 0.4) is 0 Å². The SMILES string of the molecule is O=C(O)CCN(C(=O)NCCOC1CCCC1)C1CC1. The van der Waals surface area contributed by atoms with E-state index >= 15 is 0 Å². The molecule has 0 heterocycles. The van der Waals surface area contributed by atoms with Crippen molar-refractivity contribution in [1.82, 2.24) is 10.2 Å². The number of aliphatic carboxylic acids is 1. The lowest BCUT2D eigenvalue weighted by Gasteiger charge is -2.22. The van der Waals surface area contributed by atoms with Gasteiger partial charge in [0.2, 0.25) is 0 Å². The van der Waals surface area contributed by atoms with Gasteiger partial charge in [-0.25, -0.2) is 4.79 Å². The maximum absolute atomic E-state index is 12.0. The molecule has 0 atom stereocenters. The molecule has 0 radical (unpaired) electrons. The van der Waals surface area contributed by atoms with Crippen LogP contribution in [0, 0.1) is 0 Å². The first-order chi connectivity index (χ1) is 9.66. The van der Waals surface area contributed by atoms with E-state index in [4.69, 9.17) is 9.84 Å². The summed E-state index contributed by atoms with van der Waals surface area (Å²) in [7, 11) is 0. The van der Waals surface area contributed by atoms with Gasteiger partial charge in [0.15, 0.2) is 0 Å². The van der Waals surface area contributed by atoms with Crippen LogP contribution in [0.2, 0.25) is 0 Å². The summed E-state index contributed by atoms with van der Waals surface area (Å²) in [6.07, 6.45) is 7.04. The third kappa shape index (κ3) is 5.00. The highest BCUT2D eigenvalue weighted by Gasteiger charge is 2.32. The molecule has 2 saturated carbocycles. The van der Waals surface area contributed by atoms with Gasteiger partial charge in [-0.15, -0.1) is 0 Å². The predicted octanol–water partition coefficient (Wildman–Crippen LogP) is 1.59. The molecule has 6 heteroatoms. The lowest BCUT2D eigenvalue weighted by Crippen LogP contribution is -2.43. The monoisotopic (exact) mass is 284 g/mol. The van der Waals surface area contributed by atoms with Gasteiger partial charge in [0.05, 0.1) is 19.1 Å². The fraction of sp³-hybridized carbons (Fsp3) is 0.857. The molecule has 2 amide bonds. The van der Waals surface area contributed by atoms with Gasteiger partial charge in [0.25, 0.3) is 0 Å². The topological polar surface area (TPSA) is 78.9 Å². The second kappa shape index (κ2) is 7.47. The maximum atomic E-state index is 12.0. The van der Waals surface area contributed by atoms with E-state index in [9.17, 15) is 9.59 Å². The number of nitrogens with zero attached hydrogens (tertiary/aromatic N) is 1. The molecule has 2 aliphatic rings. The van der Waals surface area contributed by atoms with Gasteiger partial charge in [0, 0.05) is 19.1 Å².